The molecule has 206 valence electrons. The standard InChI is InChI=1S/C32H32N2O6/c1-38-23-9-12-25-21(15-23)14-22(31-33-17-24(40-31)10-13-28(35)36)18-34-27-16-20(32(37)39-2)8-11-26(27)29(30(25)34)19-6-4-3-5-7-19/h8-9,11-12,14-17,19H,3-7,10,13,18H2,1-2H3,(H,35,36). The van der Waals surface area contributed by atoms with Crippen molar-refractivity contribution in [3.63, 3.8) is 0 Å². The van der Waals surface area contributed by atoms with Gasteiger partial charge in [-0.05, 0) is 66.3 Å². The summed E-state index contributed by atoms with van der Waals surface area (Å²) in [6.07, 6.45) is 9.84. The van der Waals surface area contributed by atoms with Gasteiger partial charge in [-0.1, -0.05) is 25.3 Å². The maximum Gasteiger partial charge on any atom is 0.337 e. The number of rotatable bonds is 7. The second-order valence-electron chi connectivity index (χ2n) is 10.6. The molecule has 2 aromatic carbocycles. The molecule has 0 unspecified atom stereocenters. The average molecular weight is 541 g/mol. The molecule has 1 aliphatic heterocycles. The number of carboxylic acids is 1. The molecule has 1 saturated carbocycles. The van der Waals surface area contributed by atoms with Crippen LogP contribution in [0, 0.1) is 0 Å². The highest BCUT2D eigenvalue weighted by atomic mass is 16.5. The Morgan fingerprint density at radius 3 is 2.67 bits per heavy atom. The summed E-state index contributed by atoms with van der Waals surface area (Å²) >= 11 is 0. The number of carbonyl (C=O) groups is 2. The molecule has 8 heteroatoms. The number of allylic oxidation sites excluding steroid dienone is 1. The molecule has 1 fully saturated rings. The van der Waals surface area contributed by atoms with E-state index >= 15 is 0 Å². The molecule has 1 aliphatic carbocycles. The number of nitrogens with zero attached hydrogens (tertiary/aromatic N) is 2. The zero-order valence-electron chi connectivity index (χ0n) is 22.7. The van der Waals surface area contributed by atoms with Gasteiger partial charge < -0.3 is 23.6 Å². The van der Waals surface area contributed by atoms with E-state index in [1.165, 1.54) is 31.9 Å². The number of fused-ring (bicyclic) bond motifs is 5. The monoisotopic (exact) mass is 540 g/mol. The molecular weight excluding hydrogens is 508 g/mol. The van der Waals surface area contributed by atoms with Crippen LogP contribution in [0.1, 0.15) is 77.6 Å². The van der Waals surface area contributed by atoms with E-state index in [1.807, 2.05) is 24.3 Å². The van der Waals surface area contributed by atoms with Crippen molar-refractivity contribution >= 4 is 34.5 Å². The first kappa shape index (κ1) is 25.9. The largest absolute Gasteiger partial charge is 0.497 e. The summed E-state index contributed by atoms with van der Waals surface area (Å²) < 4.78 is 19.0. The van der Waals surface area contributed by atoms with Gasteiger partial charge in [0, 0.05) is 28.5 Å². The molecule has 40 heavy (non-hydrogen) atoms. The summed E-state index contributed by atoms with van der Waals surface area (Å²) in [6.45, 7) is 0.471. The van der Waals surface area contributed by atoms with Crippen molar-refractivity contribution in [1.29, 1.82) is 0 Å². The Kier molecular flexibility index (Phi) is 6.92. The number of hydrogen-bond acceptors (Lipinski definition) is 6. The minimum atomic E-state index is -0.882. The number of esters is 1. The second kappa shape index (κ2) is 10.7. The highest BCUT2D eigenvalue weighted by molar-refractivity contribution is 6.01. The van der Waals surface area contributed by atoms with E-state index in [-0.39, 0.29) is 18.8 Å². The molecule has 0 spiro atoms. The number of benzene rings is 2. The first-order chi connectivity index (χ1) is 19.5. The summed E-state index contributed by atoms with van der Waals surface area (Å²) in [5.41, 5.74) is 6.86. The number of oxazole rings is 1. The van der Waals surface area contributed by atoms with Crippen LogP contribution in [0.15, 0.2) is 47.0 Å². The summed E-state index contributed by atoms with van der Waals surface area (Å²) in [7, 11) is 3.05. The molecule has 1 N–H and O–H groups in total. The highest BCUT2D eigenvalue weighted by Crippen LogP contribution is 2.47. The van der Waals surface area contributed by atoms with E-state index in [4.69, 9.17) is 19.0 Å². The van der Waals surface area contributed by atoms with Gasteiger partial charge in [0.15, 0.2) is 0 Å². The fourth-order valence-electron chi connectivity index (χ4n) is 6.22. The van der Waals surface area contributed by atoms with Crippen LogP contribution in [0.2, 0.25) is 0 Å². The molecule has 0 amide bonds. The van der Waals surface area contributed by atoms with E-state index < -0.39 is 5.97 Å². The lowest BCUT2D eigenvalue weighted by Crippen LogP contribution is -2.07. The topological polar surface area (TPSA) is 104 Å². The lowest BCUT2D eigenvalue weighted by atomic mass is 9.81. The molecule has 4 aromatic rings. The van der Waals surface area contributed by atoms with E-state index in [0.29, 0.717) is 29.7 Å². The SMILES string of the molecule is COC(=O)c1ccc2c(C3CCCCC3)c3n(c2c1)CC(c1ncc(CCC(=O)O)o1)=Cc1cc(OC)ccc1-3. The van der Waals surface area contributed by atoms with Crippen LogP contribution in [0.5, 0.6) is 5.75 Å². The number of carboxylic acid groups (broad SMARTS) is 1. The maximum atomic E-state index is 12.5. The molecule has 6 rings (SSSR count). The Morgan fingerprint density at radius 1 is 1.10 bits per heavy atom. The van der Waals surface area contributed by atoms with Crippen LogP contribution in [0.4, 0.5) is 0 Å². The number of aromatic nitrogens is 2. The quantitative estimate of drug-likeness (QED) is 0.260. The molecule has 8 nitrogen and oxygen atoms in total. The number of methoxy groups -OCH3 is 2. The van der Waals surface area contributed by atoms with Gasteiger partial charge >= 0.3 is 11.9 Å². The summed E-state index contributed by atoms with van der Waals surface area (Å²) in [4.78, 5) is 28.2. The summed E-state index contributed by atoms with van der Waals surface area (Å²) in [6, 6.07) is 12.0. The third-order valence-corrected chi connectivity index (χ3v) is 8.12. The Balaban J connectivity index is 1.58. The predicted molar refractivity (Wildman–Crippen MR) is 151 cm³/mol. The zero-order chi connectivity index (χ0) is 27.8. The smallest absolute Gasteiger partial charge is 0.337 e. The van der Waals surface area contributed by atoms with Gasteiger partial charge in [0.1, 0.15) is 11.5 Å². The fraction of sp³-hybridized carbons (Fsp3) is 0.344. The molecule has 0 bridgehead atoms. The Labute approximate surface area is 232 Å². The number of carbonyl (C=O) groups excluding carboxylic acids is 1. The summed E-state index contributed by atoms with van der Waals surface area (Å²) in [5.74, 6) is 0.891. The van der Waals surface area contributed by atoms with E-state index in [2.05, 4.69) is 27.8 Å². The normalized spacial score (nSPS) is 15.2. The van der Waals surface area contributed by atoms with Gasteiger partial charge in [-0.25, -0.2) is 9.78 Å². The minimum absolute atomic E-state index is 0.0266. The van der Waals surface area contributed by atoms with Gasteiger partial charge in [0.05, 0.1) is 44.6 Å². The van der Waals surface area contributed by atoms with Crippen LogP contribution >= 0.6 is 0 Å². The van der Waals surface area contributed by atoms with Crippen molar-refractivity contribution in [1.82, 2.24) is 9.55 Å². The van der Waals surface area contributed by atoms with E-state index in [1.54, 1.807) is 13.3 Å². The molecule has 0 atom stereocenters. The zero-order valence-corrected chi connectivity index (χ0v) is 22.7. The van der Waals surface area contributed by atoms with Gasteiger partial charge in [-0.15, -0.1) is 0 Å². The lowest BCUT2D eigenvalue weighted by molar-refractivity contribution is -0.137. The van der Waals surface area contributed by atoms with Gasteiger partial charge in [-0.2, -0.15) is 0 Å². The Hall–Kier alpha value is -4.33. The predicted octanol–water partition coefficient (Wildman–Crippen LogP) is 6.71. The van der Waals surface area contributed by atoms with Crippen LogP contribution in [0.3, 0.4) is 0 Å². The van der Waals surface area contributed by atoms with Gasteiger partial charge in [0.25, 0.3) is 0 Å². The van der Waals surface area contributed by atoms with Crippen molar-refractivity contribution in [2.75, 3.05) is 14.2 Å². The first-order valence-electron chi connectivity index (χ1n) is 13.8. The fourth-order valence-corrected chi connectivity index (χ4v) is 6.22. The van der Waals surface area contributed by atoms with Crippen LogP contribution in [-0.4, -0.2) is 40.8 Å². The molecule has 0 saturated heterocycles. The third kappa shape index (κ3) is 4.68. The van der Waals surface area contributed by atoms with Crippen molar-refractivity contribution in [3.8, 4) is 17.0 Å². The molecule has 3 heterocycles. The van der Waals surface area contributed by atoms with Crippen LogP contribution in [0.25, 0.3) is 33.8 Å². The highest BCUT2D eigenvalue weighted by Gasteiger charge is 2.30. The third-order valence-electron chi connectivity index (χ3n) is 8.12. The van der Waals surface area contributed by atoms with E-state index in [9.17, 15) is 9.59 Å². The minimum Gasteiger partial charge on any atom is -0.497 e. The molecule has 2 aromatic heterocycles. The second-order valence-corrected chi connectivity index (χ2v) is 10.6. The average Bonchev–Trinajstić information content (AvgIpc) is 3.53. The summed E-state index contributed by atoms with van der Waals surface area (Å²) in [5, 5.41) is 10.2. The number of aliphatic carboxylic acids is 1. The Morgan fingerprint density at radius 2 is 1.93 bits per heavy atom. The number of hydrogen-bond donors (Lipinski definition) is 1. The van der Waals surface area contributed by atoms with Crippen molar-refractivity contribution < 1.29 is 28.6 Å². The molecule has 0 radical (unpaired) electrons. The van der Waals surface area contributed by atoms with Crippen LogP contribution in [-0.2, 0) is 22.5 Å². The van der Waals surface area contributed by atoms with Gasteiger partial charge in [-0.3, -0.25) is 4.79 Å². The first-order valence-corrected chi connectivity index (χ1v) is 13.8. The Bertz CT molecular complexity index is 1640. The molecule has 2 aliphatic rings. The van der Waals surface area contributed by atoms with E-state index in [0.717, 1.165) is 51.9 Å². The molecular formula is C32H32N2O6. The maximum absolute atomic E-state index is 12.5. The van der Waals surface area contributed by atoms with Gasteiger partial charge in [0.2, 0.25) is 5.89 Å². The number of ether oxygens (including phenoxy) is 2. The van der Waals surface area contributed by atoms with Crippen molar-refractivity contribution in [2.45, 2.75) is 57.4 Å². The van der Waals surface area contributed by atoms with Crippen molar-refractivity contribution in [2.24, 2.45) is 0 Å². The van der Waals surface area contributed by atoms with Crippen molar-refractivity contribution in [3.05, 3.63) is 70.9 Å². The number of aryl methyl sites for hydroxylation is 1. The lowest BCUT2D eigenvalue weighted by Gasteiger charge is -2.24. The van der Waals surface area contributed by atoms with Crippen LogP contribution < -0.4 is 4.74 Å².